The highest BCUT2D eigenvalue weighted by Gasteiger charge is 2.68. The average molecular weight is 464 g/mol. The molecule has 0 spiro atoms. The third-order valence-electron chi connectivity index (χ3n) is 10.1. The topological polar surface area (TPSA) is 108 Å². The Morgan fingerprint density at radius 3 is 2.79 bits per heavy atom. The van der Waals surface area contributed by atoms with Gasteiger partial charge < -0.3 is 15.3 Å². The quantitative estimate of drug-likeness (QED) is 0.629. The minimum atomic E-state index is -1.76. The minimum absolute atomic E-state index is 0.0430. The van der Waals surface area contributed by atoms with Gasteiger partial charge in [0.25, 0.3) is 0 Å². The summed E-state index contributed by atoms with van der Waals surface area (Å²) in [6.45, 7) is 6.14. The van der Waals surface area contributed by atoms with Crippen LogP contribution in [0.5, 0.6) is 0 Å². The Bertz CT molecular complexity index is 1220. The van der Waals surface area contributed by atoms with Gasteiger partial charge in [-0.25, -0.2) is 9.48 Å². The number of hydrogen-bond donors (Lipinski definition) is 3. The maximum atomic E-state index is 12.1. The van der Waals surface area contributed by atoms with Crippen molar-refractivity contribution in [1.29, 1.82) is 0 Å². The van der Waals surface area contributed by atoms with Crippen LogP contribution in [0.15, 0.2) is 30.1 Å². The van der Waals surface area contributed by atoms with Crippen molar-refractivity contribution in [2.45, 2.75) is 71.0 Å². The van der Waals surface area contributed by atoms with Crippen molar-refractivity contribution >= 4 is 12.0 Å². The number of aryl methyl sites for hydroxylation is 1. The van der Waals surface area contributed by atoms with E-state index in [2.05, 4.69) is 18.0 Å². The molecule has 4 aliphatic rings. The molecule has 7 nitrogen and oxygen atoms in total. The highest BCUT2D eigenvalue weighted by atomic mass is 16.4. The second-order valence-electron chi connectivity index (χ2n) is 11.6. The molecule has 0 bridgehead atoms. The Labute approximate surface area is 199 Å². The Kier molecular flexibility index (Phi) is 4.53. The number of aliphatic hydroxyl groups is 2. The Balaban J connectivity index is 1.39. The molecule has 180 valence electrons. The zero-order valence-electron chi connectivity index (χ0n) is 20.0. The molecule has 7 heteroatoms. The monoisotopic (exact) mass is 463 g/mol. The highest BCUT2D eigenvalue weighted by molar-refractivity contribution is 5.79. The summed E-state index contributed by atoms with van der Waals surface area (Å²) >= 11 is 0. The van der Waals surface area contributed by atoms with Crippen molar-refractivity contribution in [1.82, 2.24) is 14.8 Å². The van der Waals surface area contributed by atoms with Crippen LogP contribution in [0, 0.1) is 35.5 Å². The lowest BCUT2D eigenvalue weighted by atomic mass is 9.45. The van der Waals surface area contributed by atoms with Gasteiger partial charge in [-0.15, -0.1) is 0 Å². The van der Waals surface area contributed by atoms with Gasteiger partial charge in [0.2, 0.25) is 0 Å². The predicted molar refractivity (Wildman–Crippen MR) is 126 cm³/mol. The molecule has 2 heterocycles. The van der Waals surface area contributed by atoms with Crippen LogP contribution in [0.4, 0.5) is 0 Å². The van der Waals surface area contributed by atoms with Gasteiger partial charge >= 0.3 is 5.97 Å². The molecule has 2 aromatic heterocycles. The lowest BCUT2D eigenvalue weighted by molar-refractivity contribution is -0.193. The molecule has 3 saturated carbocycles. The molecule has 0 unspecified atom stereocenters. The van der Waals surface area contributed by atoms with E-state index in [0.717, 1.165) is 36.3 Å². The summed E-state index contributed by atoms with van der Waals surface area (Å²) in [5.41, 5.74) is 2.80. The van der Waals surface area contributed by atoms with Crippen molar-refractivity contribution in [3.63, 3.8) is 0 Å². The van der Waals surface area contributed by atoms with E-state index in [1.165, 1.54) is 11.1 Å². The number of pyridine rings is 1. The van der Waals surface area contributed by atoms with Crippen molar-refractivity contribution in [2.24, 2.45) is 28.6 Å². The summed E-state index contributed by atoms with van der Waals surface area (Å²) < 4.78 is 1.99. The SMILES string of the molecule is Cc1cc(-n2ncc3c2C=C2CC[C@@H]4[C@H]([C@@H](O)C[C@@]5(C)[C@H]4CC[C@]5(O)C(=O)O)[C@@]2(C)C3)ccn1. The van der Waals surface area contributed by atoms with Crippen LogP contribution < -0.4 is 0 Å². The van der Waals surface area contributed by atoms with E-state index in [-0.39, 0.29) is 29.6 Å². The van der Waals surface area contributed by atoms with E-state index in [9.17, 15) is 20.1 Å². The number of aliphatic carboxylic acids is 1. The Hall–Kier alpha value is -2.51. The van der Waals surface area contributed by atoms with Gasteiger partial charge in [-0.05, 0) is 92.4 Å². The summed E-state index contributed by atoms with van der Waals surface area (Å²) in [4.78, 5) is 16.4. The van der Waals surface area contributed by atoms with Crippen LogP contribution >= 0.6 is 0 Å². The van der Waals surface area contributed by atoms with E-state index in [0.29, 0.717) is 12.8 Å². The van der Waals surface area contributed by atoms with E-state index < -0.39 is 23.1 Å². The smallest absolute Gasteiger partial charge is 0.336 e. The number of aliphatic hydroxyl groups excluding tert-OH is 1. The number of carboxylic acid groups (broad SMARTS) is 1. The fourth-order valence-corrected chi connectivity index (χ4v) is 8.41. The molecule has 4 aliphatic carbocycles. The zero-order chi connectivity index (χ0) is 24.0. The summed E-state index contributed by atoms with van der Waals surface area (Å²) in [7, 11) is 0. The third kappa shape index (κ3) is 2.68. The number of carbonyl (C=O) groups is 1. The van der Waals surface area contributed by atoms with Gasteiger partial charge in [0.1, 0.15) is 0 Å². The number of fused-ring (bicyclic) bond motifs is 6. The molecule has 7 atom stereocenters. The largest absolute Gasteiger partial charge is 0.479 e. The fraction of sp³-hybridized carbons (Fsp3) is 0.593. The maximum Gasteiger partial charge on any atom is 0.336 e. The molecule has 0 radical (unpaired) electrons. The normalized spacial score (nSPS) is 40.6. The van der Waals surface area contributed by atoms with Crippen LogP contribution in [-0.2, 0) is 11.2 Å². The van der Waals surface area contributed by atoms with Crippen molar-refractivity contribution < 1.29 is 20.1 Å². The van der Waals surface area contributed by atoms with Crippen molar-refractivity contribution in [3.8, 4) is 5.69 Å². The molecule has 34 heavy (non-hydrogen) atoms. The molecule has 0 aromatic carbocycles. The molecular weight excluding hydrogens is 430 g/mol. The molecular formula is C27H33N3O4. The number of aromatic nitrogens is 3. The van der Waals surface area contributed by atoms with Gasteiger partial charge in [0, 0.05) is 17.3 Å². The lowest BCUT2D eigenvalue weighted by Gasteiger charge is -2.60. The predicted octanol–water partition coefficient (Wildman–Crippen LogP) is 3.54. The van der Waals surface area contributed by atoms with E-state index >= 15 is 0 Å². The molecule has 3 N–H and O–H groups in total. The Morgan fingerprint density at radius 2 is 2.06 bits per heavy atom. The number of carboxylic acids is 1. The van der Waals surface area contributed by atoms with Crippen LogP contribution in [0.2, 0.25) is 0 Å². The molecule has 0 saturated heterocycles. The molecule has 0 amide bonds. The van der Waals surface area contributed by atoms with Gasteiger partial charge in [-0.3, -0.25) is 4.98 Å². The van der Waals surface area contributed by atoms with Crippen molar-refractivity contribution in [2.75, 3.05) is 0 Å². The number of allylic oxidation sites excluding steroid dienone is 1. The molecule has 0 aliphatic heterocycles. The summed E-state index contributed by atoms with van der Waals surface area (Å²) in [5, 5.41) is 37.3. The first-order valence-corrected chi connectivity index (χ1v) is 12.4. The molecule has 6 rings (SSSR count). The van der Waals surface area contributed by atoms with Crippen LogP contribution in [-0.4, -0.2) is 47.8 Å². The highest BCUT2D eigenvalue weighted by Crippen LogP contribution is 2.67. The third-order valence-corrected chi connectivity index (χ3v) is 10.1. The Morgan fingerprint density at radius 1 is 1.26 bits per heavy atom. The first-order chi connectivity index (χ1) is 16.1. The second kappa shape index (κ2) is 7.01. The van der Waals surface area contributed by atoms with Crippen LogP contribution in [0.3, 0.4) is 0 Å². The van der Waals surface area contributed by atoms with Gasteiger partial charge in [0.05, 0.1) is 23.7 Å². The number of rotatable bonds is 2. The van der Waals surface area contributed by atoms with E-state index in [1.54, 1.807) is 6.20 Å². The minimum Gasteiger partial charge on any atom is -0.479 e. The number of hydrogen-bond acceptors (Lipinski definition) is 5. The summed E-state index contributed by atoms with van der Waals surface area (Å²) in [5.74, 6) is -0.804. The van der Waals surface area contributed by atoms with Gasteiger partial charge in [-0.2, -0.15) is 5.10 Å². The average Bonchev–Trinajstić information content (AvgIpc) is 3.29. The maximum absolute atomic E-state index is 12.1. The summed E-state index contributed by atoms with van der Waals surface area (Å²) in [6, 6.07) is 4.00. The molecule has 3 fully saturated rings. The van der Waals surface area contributed by atoms with Gasteiger partial charge in [-0.1, -0.05) is 19.4 Å². The fourth-order valence-electron chi connectivity index (χ4n) is 8.41. The second-order valence-corrected chi connectivity index (χ2v) is 11.6. The standard InChI is InChI=1S/C27H33N3O4/c1-15-10-18(7-9-28-15)30-21-11-17-4-5-19-20-6-8-27(34,24(32)33)26(20,3)13-22(31)23(19)25(17,2)12-16(21)14-29-30/h7,9-11,14,19-20,22-23,31,34H,4-6,8,12-13H2,1-3H3,(H,32,33)/t19-,20-,22-,23+,25-,26-,27-/m0/s1. The number of nitrogens with zero attached hydrogens (tertiary/aromatic N) is 3. The van der Waals surface area contributed by atoms with Crippen molar-refractivity contribution in [3.05, 3.63) is 47.1 Å². The first kappa shape index (κ1) is 22.0. The van der Waals surface area contributed by atoms with E-state index in [1.807, 2.05) is 36.9 Å². The van der Waals surface area contributed by atoms with Crippen LogP contribution in [0.25, 0.3) is 11.8 Å². The lowest BCUT2D eigenvalue weighted by Crippen LogP contribution is -2.61. The first-order valence-electron chi connectivity index (χ1n) is 12.4. The van der Waals surface area contributed by atoms with Gasteiger partial charge in [0.15, 0.2) is 5.60 Å². The van der Waals surface area contributed by atoms with E-state index in [4.69, 9.17) is 5.10 Å². The summed E-state index contributed by atoms with van der Waals surface area (Å²) in [6.07, 6.45) is 9.32. The zero-order valence-corrected chi connectivity index (χ0v) is 20.0. The van der Waals surface area contributed by atoms with Crippen LogP contribution in [0.1, 0.15) is 62.9 Å². The molecule has 2 aromatic rings.